The zero-order valence-electron chi connectivity index (χ0n) is 27.7. The van der Waals surface area contributed by atoms with Crippen molar-refractivity contribution in [2.45, 2.75) is 113 Å². The van der Waals surface area contributed by atoms with Crippen LogP contribution in [0.2, 0.25) is 0 Å². The molecule has 0 aliphatic heterocycles. The van der Waals surface area contributed by atoms with Gasteiger partial charge in [-0.2, -0.15) is 4.99 Å². The summed E-state index contributed by atoms with van der Waals surface area (Å²) in [5.74, 6) is -0.917. The van der Waals surface area contributed by atoms with Crippen LogP contribution >= 0.6 is 0 Å². The lowest BCUT2D eigenvalue weighted by atomic mass is 9.82. The second kappa shape index (κ2) is 16.0. The minimum absolute atomic E-state index is 0.223. The highest BCUT2D eigenvalue weighted by atomic mass is 32.2. The molecule has 2 aliphatic rings. The van der Waals surface area contributed by atoms with Gasteiger partial charge in [-0.1, -0.05) is 64.5 Å². The number of hydrogen-bond donors (Lipinski definition) is 2. The number of amides is 1. The molecule has 0 radical (unpaired) electrons. The molecule has 2 aromatic rings. The van der Waals surface area contributed by atoms with Gasteiger partial charge in [0.15, 0.2) is 25.6 Å². The van der Waals surface area contributed by atoms with E-state index >= 15 is 0 Å². The molecule has 0 aromatic heterocycles. The standard InChI is InChI=1S/C17H25N3O3S.C17H24O4S/c1-3-11-9-13(12-7-5-4-6-8-12)15(24(2,22)23)10-14(11)16(21)20-17(18)19;1-4-12-10-14(13-8-6-5-7-9-13)16(22(3,19)20)11-15(12)17(18)21-2/h9-10,12H,3-8H2,1-2H3,(H4,18,19,20,21);10-11,13H,4-9H2,1-3H3. The molecular formula is C34H49N3O7S2. The number of aliphatic imine (C=N–C) groups is 1. The fraction of sp³-hybridized carbons (Fsp3) is 0.559. The average Bonchev–Trinajstić information content (AvgIpc) is 3.03. The van der Waals surface area contributed by atoms with Crippen LogP contribution in [-0.4, -0.2) is 54.3 Å². The van der Waals surface area contributed by atoms with Gasteiger partial charge in [-0.05, 0) is 84.7 Å². The third-order valence-electron chi connectivity index (χ3n) is 8.99. The Morgan fingerprint density at radius 1 is 0.717 bits per heavy atom. The molecule has 1 amide bonds. The third-order valence-corrected chi connectivity index (χ3v) is 11.3. The van der Waals surface area contributed by atoms with Crippen molar-refractivity contribution in [2.24, 2.45) is 16.5 Å². The number of carbonyl (C=O) groups is 2. The number of esters is 1. The first-order valence-corrected chi connectivity index (χ1v) is 19.9. The van der Waals surface area contributed by atoms with Crippen LogP contribution in [0, 0.1) is 0 Å². The van der Waals surface area contributed by atoms with E-state index < -0.39 is 31.6 Å². The van der Waals surface area contributed by atoms with Crippen molar-refractivity contribution in [3.63, 3.8) is 0 Å². The summed E-state index contributed by atoms with van der Waals surface area (Å²) in [6.45, 7) is 3.89. The van der Waals surface area contributed by atoms with Crippen molar-refractivity contribution in [3.8, 4) is 0 Å². The molecule has 2 saturated carbocycles. The van der Waals surface area contributed by atoms with E-state index in [9.17, 15) is 26.4 Å². The smallest absolute Gasteiger partial charge is 0.338 e. The van der Waals surface area contributed by atoms with E-state index in [1.807, 2.05) is 26.0 Å². The molecule has 0 saturated heterocycles. The molecular weight excluding hydrogens is 627 g/mol. The number of nitrogens with two attached hydrogens (primary N) is 2. The first-order valence-electron chi connectivity index (χ1n) is 16.1. The number of aryl methyl sites for hydroxylation is 2. The van der Waals surface area contributed by atoms with Gasteiger partial charge < -0.3 is 16.2 Å². The zero-order valence-corrected chi connectivity index (χ0v) is 29.4. The highest BCUT2D eigenvalue weighted by Gasteiger charge is 2.27. The summed E-state index contributed by atoms with van der Waals surface area (Å²) in [6.07, 6.45) is 14.5. The van der Waals surface area contributed by atoms with E-state index in [0.717, 1.165) is 73.6 Å². The van der Waals surface area contributed by atoms with Crippen LogP contribution in [0.1, 0.15) is 133 Å². The Morgan fingerprint density at radius 2 is 1.11 bits per heavy atom. The maximum atomic E-state index is 12.3. The van der Waals surface area contributed by atoms with Gasteiger partial charge in [0.05, 0.1) is 22.5 Å². The Morgan fingerprint density at radius 3 is 1.46 bits per heavy atom. The Kier molecular flexibility index (Phi) is 13.0. The van der Waals surface area contributed by atoms with Gasteiger partial charge in [0.1, 0.15) is 0 Å². The van der Waals surface area contributed by atoms with Crippen LogP contribution in [-0.2, 0) is 37.3 Å². The summed E-state index contributed by atoms with van der Waals surface area (Å²) in [7, 11) is -5.52. The topological polar surface area (TPSA) is 176 Å². The van der Waals surface area contributed by atoms with Crippen LogP contribution < -0.4 is 11.5 Å². The molecule has 2 aliphatic carbocycles. The Labute approximate surface area is 274 Å². The Balaban J connectivity index is 0.000000251. The number of sulfone groups is 2. The van der Waals surface area contributed by atoms with E-state index in [1.165, 1.54) is 44.6 Å². The zero-order chi connectivity index (χ0) is 34.2. The molecule has 0 bridgehead atoms. The third kappa shape index (κ3) is 9.40. The fourth-order valence-electron chi connectivity index (χ4n) is 6.66. The minimum atomic E-state index is -3.46. The van der Waals surface area contributed by atoms with E-state index in [2.05, 4.69) is 4.99 Å². The fourth-order valence-corrected chi connectivity index (χ4v) is 8.63. The molecule has 10 nitrogen and oxygen atoms in total. The molecule has 0 atom stereocenters. The van der Waals surface area contributed by atoms with Crippen LogP contribution in [0.25, 0.3) is 0 Å². The first kappa shape index (κ1) is 37.2. The first-order chi connectivity index (χ1) is 21.6. The molecule has 46 heavy (non-hydrogen) atoms. The molecule has 0 spiro atoms. The summed E-state index contributed by atoms with van der Waals surface area (Å²) in [4.78, 5) is 28.3. The lowest BCUT2D eigenvalue weighted by Crippen LogP contribution is -2.24. The van der Waals surface area contributed by atoms with Crippen molar-refractivity contribution < 1.29 is 31.2 Å². The predicted octanol–water partition coefficient (Wildman–Crippen LogP) is 5.60. The number of ether oxygens (including phenoxy) is 1. The summed E-state index contributed by atoms with van der Waals surface area (Å²) < 4.78 is 53.8. The van der Waals surface area contributed by atoms with Crippen LogP contribution in [0.15, 0.2) is 39.0 Å². The summed E-state index contributed by atoms with van der Waals surface area (Å²) in [5.41, 5.74) is 14.5. The van der Waals surface area contributed by atoms with Gasteiger partial charge in [-0.3, -0.25) is 4.79 Å². The maximum absolute atomic E-state index is 12.3. The lowest BCUT2D eigenvalue weighted by Gasteiger charge is -2.25. The number of rotatable bonds is 8. The average molecular weight is 676 g/mol. The van der Waals surface area contributed by atoms with Crippen LogP contribution in [0.4, 0.5) is 0 Å². The van der Waals surface area contributed by atoms with Crippen LogP contribution in [0.3, 0.4) is 0 Å². The Hall–Kier alpha value is -3.25. The number of carbonyl (C=O) groups excluding carboxylic acids is 2. The van der Waals surface area contributed by atoms with Crippen molar-refractivity contribution in [2.75, 3.05) is 19.6 Å². The number of benzene rings is 2. The lowest BCUT2D eigenvalue weighted by molar-refractivity contribution is 0.0599. The van der Waals surface area contributed by atoms with Crippen LogP contribution in [0.5, 0.6) is 0 Å². The van der Waals surface area contributed by atoms with Crippen molar-refractivity contribution in [3.05, 3.63) is 57.6 Å². The van der Waals surface area contributed by atoms with Gasteiger partial charge in [0.25, 0.3) is 5.91 Å². The number of nitrogens with zero attached hydrogens (tertiary/aromatic N) is 1. The van der Waals surface area contributed by atoms with Gasteiger partial charge in [-0.25, -0.2) is 21.6 Å². The molecule has 0 unspecified atom stereocenters. The van der Waals surface area contributed by atoms with Crippen molar-refractivity contribution in [1.82, 2.24) is 0 Å². The SMILES string of the molecule is CCc1cc(C2CCCCC2)c(S(C)(=O)=O)cc1C(=O)N=C(N)N.CCc1cc(C2CCCCC2)c(S(C)(=O)=O)cc1C(=O)OC. The van der Waals surface area contributed by atoms with Gasteiger partial charge in [0, 0.05) is 18.1 Å². The normalized spacial score (nSPS) is 16.2. The van der Waals surface area contributed by atoms with E-state index in [-0.39, 0.29) is 33.1 Å². The van der Waals surface area contributed by atoms with Crippen molar-refractivity contribution >= 4 is 37.5 Å². The molecule has 0 heterocycles. The molecule has 4 N–H and O–H groups in total. The molecule has 4 rings (SSSR count). The summed E-state index contributed by atoms with van der Waals surface area (Å²) >= 11 is 0. The molecule has 2 fully saturated rings. The number of hydrogen-bond acceptors (Lipinski definition) is 7. The second-order valence-corrected chi connectivity index (χ2v) is 16.3. The molecule has 254 valence electrons. The predicted molar refractivity (Wildman–Crippen MR) is 181 cm³/mol. The van der Waals surface area contributed by atoms with Gasteiger partial charge in [0.2, 0.25) is 0 Å². The monoisotopic (exact) mass is 675 g/mol. The quantitative estimate of drug-likeness (QED) is 0.205. The van der Waals surface area contributed by atoms with Crippen molar-refractivity contribution in [1.29, 1.82) is 0 Å². The van der Waals surface area contributed by atoms with Gasteiger partial charge >= 0.3 is 5.97 Å². The second-order valence-electron chi connectivity index (χ2n) is 12.3. The van der Waals surface area contributed by atoms with E-state index in [0.29, 0.717) is 18.4 Å². The highest BCUT2D eigenvalue weighted by molar-refractivity contribution is 7.91. The summed E-state index contributed by atoms with van der Waals surface area (Å²) in [6, 6.07) is 6.75. The maximum Gasteiger partial charge on any atom is 0.338 e. The largest absolute Gasteiger partial charge is 0.465 e. The summed E-state index contributed by atoms with van der Waals surface area (Å²) in [5, 5.41) is 0. The molecule has 2 aromatic carbocycles. The molecule has 12 heteroatoms. The number of guanidine groups is 1. The highest BCUT2D eigenvalue weighted by Crippen LogP contribution is 2.39. The Bertz CT molecular complexity index is 1670. The van der Waals surface area contributed by atoms with Gasteiger partial charge in [-0.15, -0.1) is 0 Å². The van der Waals surface area contributed by atoms with E-state index in [4.69, 9.17) is 16.2 Å². The number of methoxy groups -OCH3 is 1. The minimum Gasteiger partial charge on any atom is -0.465 e. The van der Waals surface area contributed by atoms with E-state index in [1.54, 1.807) is 0 Å².